The minimum Gasteiger partial charge on any atom is -0.387 e. The van der Waals surface area contributed by atoms with Crippen molar-refractivity contribution in [2.45, 2.75) is 34.5 Å². The minimum absolute atomic E-state index is 0.121. The molecular formula is C16H16ClFN6O5S2. The number of halogens is 2. The second kappa shape index (κ2) is 8.46. The standard InChI is InChI=1S/C16H16ClFN6O5S2/c17-7-1-3-8(4-2-7)30-15-10-13(19)21-6-22-14(10)24(23-15)16-11(18)12(25)9(29-16)5-28-31(20,26)27/h1-4,6,9,11-12,16,25H,5H2,(H2,19,21,22)(H2,20,26,27)/t9-,11+,12-,16-/m1/s1. The van der Waals surface area contributed by atoms with Gasteiger partial charge in [0.15, 0.2) is 18.0 Å². The fraction of sp³-hybridized carbons (Fsp3) is 0.312. The number of hydrogen-bond donors (Lipinski definition) is 3. The maximum absolute atomic E-state index is 14.9. The van der Waals surface area contributed by atoms with Crippen LogP contribution < -0.4 is 10.9 Å². The number of alkyl halides is 1. The summed E-state index contributed by atoms with van der Waals surface area (Å²) in [7, 11) is -4.29. The Morgan fingerprint density at radius 2 is 2.03 bits per heavy atom. The summed E-state index contributed by atoms with van der Waals surface area (Å²) in [6, 6.07) is 6.94. The molecule has 0 bridgehead atoms. The lowest BCUT2D eigenvalue weighted by Crippen LogP contribution is -2.33. The van der Waals surface area contributed by atoms with Gasteiger partial charge in [0, 0.05) is 9.92 Å². The van der Waals surface area contributed by atoms with Crippen molar-refractivity contribution < 1.29 is 26.8 Å². The van der Waals surface area contributed by atoms with Crippen molar-refractivity contribution in [3.05, 3.63) is 35.6 Å². The van der Waals surface area contributed by atoms with Crippen LogP contribution in [0.25, 0.3) is 11.0 Å². The fourth-order valence-electron chi connectivity index (χ4n) is 3.03. The summed E-state index contributed by atoms with van der Waals surface area (Å²) in [6.45, 7) is -0.667. The molecular weight excluding hydrogens is 475 g/mol. The third-order valence-electron chi connectivity index (χ3n) is 4.45. The van der Waals surface area contributed by atoms with Gasteiger partial charge in [-0.2, -0.15) is 13.5 Å². The van der Waals surface area contributed by atoms with Gasteiger partial charge < -0.3 is 15.6 Å². The van der Waals surface area contributed by atoms with E-state index < -0.39 is 41.5 Å². The molecule has 3 heterocycles. The molecule has 0 aliphatic carbocycles. The summed E-state index contributed by atoms with van der Waals surface area (Å²) in [5.74, 6) is 0.121. The number of ether oxygens (including phenoxy) is 1. The lowest BCUT2D eigenvalue weighted by Gasteiger charge is -2.14. The number of aliphatic hydroxyl groups is 1. The fourth-order valence-corrected chi connectivity index (χ4v) is 4.40. The molecule has 1 aliphatic rings. The third-order valence-corrected chi connectivity index (χ3v) is 6.15. The molecule has 3 aromatic rings. The molecule has 15 heteroatoms. The highest BCUT2D eigenvalue weighted by atomic mass is 35.5. The number of hydrogen-bond acceptors (Lipinski definition) is 10. The van der Waals surface area contributed by atoms with Crippen LogP contribution in [0.15, 0.2) is 40.5 Å². The molecule has 0 saturated carbocycles. The van der Waals surface area contributed by atoms with Gasteiger partial charge in [-0.15, -0.1) is 0 Å². The van der Waals surface area contributed by atoms with Crippen LogP contribution in [-0.4, -0.2) is 58.3 Å². The topological polar surface area (TPSA) is 168 Å². The van der Waals surface area contributed by atoms with Crippen molar-refractivity contribution in [3.63, 3.8) is 0 Å². The van der Waals surface area contributed by atoms with Crippen molar-refractivity contribution >= 4 is 50.5 Å². The summed E-state index contributed by atoms with van der Waals surface area (Å²) < 4.78 is 47.9. The lowest BCUT2D eigenvalue weighted by atomic mass is 10.1. The zero-order valence-electron chi connectivity index (χ0n) is 15.5. The molecule has 1 aliphatic heterocycles. The molecule has 2 aromatic heterocycles. The number of fused-ring (bicyclic) bond motifs is 1. The van der Waals surface area contributed by atoms with E-state index in [4.69, 9.17) is 27.2 Å². The monoisotopic (exact) mass is 490 g/mol. The molecule has 11 nitrogen and oxygen atoms in total. The van der Waals surface area contributed by atoms with E-state index >= 15 is 0 Å². The first-order valence-electron chi connectivity index (χ1n) is 8.71. The minimum atomic E-state index is -4.29. The maximum atomic E-state index is 14.9. The van der Waals surface area contributed by atoms with Crippen molar-refractivity contribution in [3.8, 4) is 0 Å². The van der Waals surface area contributed by atoms with Crippen LogP contribution in [0.2, 0.25) is 5.02 Å². The molecule has 0 radical (unpaired) electrons. The van der Waals surface area contributed by atoms with E-state index in [-0.39, 0.29) is 11.5 Å². The Hall–Kier alpha value is -2.07. The van der Waals surface area contributed by atoms with Gasteiger partial charge in [0.2, 0.25) is 0 Å². The molecule has 4 atom stereocenters. The molecule has 0 spiro atoms. The summed E-state index contributed by atoms with van der Waals surface area (Å²) in [4.78, 5) is 8.88. The Labute approximate surface area is 184 Å². The average Bonchev–Trinajstić information content (AvgIpc) is 3.20. The first-order chi connectivity index (χ1) is 14.6. The predicted octanol–water partition coefficient (Wildman–Crippen LogP) is 1.03. The number of benzene rings is 1. The number of rotatable bonds is 6. The van der Waals surface area contributed by atoms with Crippen LogP contribution in [0, 0.1) is 0 Å². The third kappa shape index (κ3) is 4.59. The molecule has 0 unspecified atom stereocenters. The Morgan fingerprint density at radius 1 is 1.32 bits per heavy atom. The Balaban J connectivity index is 1.69. The van der Waals surface area contributed by atoms with E-state index in [1.54, 1.807) is 24.3 Å². The van der Waals surface area contributed by atoms with E-state index in [9.17, 15) is 17.9 Å². The maximum Gasteiger partial charge on any atom is 0.333 e. The Kier molecular flexibility index (Phi) is 6.04. The van der Waals surface area contributed by atoms with Gasteiger partial charge >= 0.3 is 10.3 Å². The van der Waals surface area contributed by atoms with Crippen LogP contribution in [0.5, 0.6) is 0 Å². The quantitative estimate of drug-likeness (QED) is 0.453. The van der Waals surface area contributed by atoms with Crippen molar-refractivity contribution in [2.75, 3.05) is 12.3 Å². The van der Waals surface area contributed by atoms with Gasteiger partial charge in [-0.3, -0.25) is 4.18 Å². The van der Waals surface area contributed by atoms with Gasteiger partial charge in [-0.25, -0.2) is 24.2 Å². The van der Waals surface area contributed by atoms with E-state index in [2.05, 4.69) is 19.2 Å². The van der Waals surface area contributed by atoms with Gasteiger partial charge in [-0.05, 0) is 24.3 Å². The van der Waals surface area contributed by atoms with Crippen LogP contribution in [0.4, 0.5) is 10.2 Å². The first-order valence-corrected chi connectivity index (χ1v) is 11.4. The van der Waals surface area contributed by atoms with E-state index in [1.165, 1.54) is 18.1 Å². The van der Waals surface area contributed by atoms with Crippen LogP contribution in [0.3, 0.4) is 0 Å². The molecule has 31 heavy (non-hydrogen) atoms. The summed E-state index contributed by atoms with van der Waals surface area (Å²) in [5, 5.41) is 20.6. The zero-order chi connectivity index (χ0) is 22.3. The highest BCUT2D eigenvalue weighted by Crippen LogP contribution is 2.39. The van der Waals surface area contributed by atoms with Gasteiger partial charge in [0.1, 0.15) is 29.4 Å². The normalized spacial score (nSPS) is 24.1. The largest absolute Gasteiger partial charge is 0.387 e. The molecule has 1 aromatic carbocycles. The smallest absolute Gasteiger partial charge is 0.333 e. The summed E-state index contributed by atoms with van der Waals surface area (Å²) in [6.07, 6.45) is -5.17. The van der Waals surface area contributed by atoms with E-state index in [0.29, 0.717) is 15.4 Å². The molecule has 166 valence electrons. The molecule has 1 fully saturated rings. The number of anilines is 1. The van der Waals surface area contributed by atoms with Crippen molar-refractivity contribution in [1.82, 2.24) is 19.7 Å². The highest BCUT2D eigenvalue weighted by Gasteiger charge is 2.47. The number of nitrogens with zero attached hydrogens (tertiary/aromatic N) is 4. The Bertz CT molecular complexity index is 1210. The molecule has 4 rings (SSSR count). The number of aromatic nitrogens is 4. The number of nitrogens with two attached hydrogens (primary N) is 2. The predicted molar refractivity (Wildman–Crippen MR) is 109 cm³/mol. The Morgan fingerprint density at radius 3 is 2.71 bits per heavy atom. The number of nitrogen functional groups attached to an aromatic ring is 1. The highest BCUT2D eigenvalue weighted by molar-refractivity contribution is 7.99. The molecule has 0 amide bonds. The van der Waals surface area contributed by atoms with E-state index in [1.807, 2.05) is 0 Å². The summed E-state index contributed by atoms with van der Waals surface area (Å²) in [5.41, 5.74) is 6.19. The molecule has 1 saturated heterocycles. The summed E-state index contributed by atoms with van der Waals surface area (Å²) >= 11 is 7.14. The zero-order valence-corrected chi connectivity index (χ0v) is 17.9. The van der Waals surface area contributed by atoms with Crippen molar-refractivity contribution in [1.29, 1.82) is 0 Å². The first kappa shape index (κ1) is 22.1. The second-order valence-corrected chi connectivity index (χ2v) is 9.26. The van der Waals surface area contributed by atoms with Crippen LogP contribution in [0.1, 0.15) is 6.23 Å². The van der Waals surface area contributed by atoms with Gasteiger partial charge in [-0.1, -0.05) is 23.4 Å². The number of aliphatic hydroxyl groups excluding tert-OH is 1. The van der Waals surface area contributed by atoms with E-state index in [0.717, 1.165) is 9.58 Å². The van der Waals surface area contributed by atoms with Crippen LogP contribution >= 0.6 is 23.4 Å². The SMILES string of the molecule is Nc1ncnc2c1c(Sc1ccc(Cl)cc1)nn2[C@@H]1O[C@H](COS(N)(=O)=O)[C@@H](O)[C@@H]1F. The van der Waals surface area contributed by atoms with Crippen LogP contribution in [-0.2, 0) is 19.2 Å². The second-order valence-electron chi connectivity index (χ2n) is 6.54. The molecule has 5 N–H and O–H groups in total. The van der Waals surface area contributed by atoms with Crippen molar-refractivity contribution in [2.24, 2.45) is 5.14 Å². The van der Waals surface area contributed by atoms with Gasteiger partial charge in [0.25, 0.3) is 0 Å². The lowest BCUT2D eigenvalue weighted by molar-refractivity contribution is -0.0456. The van der Waals surface area contributed by atoms with Gasteiger partial charge in [0.05, 0.1) is 12.0 Å². The average molecular weight is 491 g/mol.